The summed E-state index contributed by atoms with van der Waals surface area (Å²) in [6.45, 7) is 9.29. The van der Waals surface area contributed by atoms with Crippen molar-refractivity contribution in [2.24, 2.45) is 16.7 Å². The summed E-state index contributed by atoms with van der Waals surface area (Å²) in [6, 6.07) is 0. The molecule has 1 amide bonds. The van der Waals surface area contributed by atoms with Crippen LogP contribution in [0.4, 0.5) is 5.13 Å². The van der Waals surface area contributed by atoms with Crippen molar-refractivity contribution in [3.05, 3.63) is 10.6 Å². The third-order valence-electron chi connectivity index (χ3n) is 6.81. The number of aryl methyl sites for hydroxylation is 2. The highest BCUT2D eigenvalue weighted by Gasteiger charge is 2.78. The van der Waals surface area contributed by atoms with E-state index in [0.717, 1.165) is 30.0 Å². The Balaban J connectivity index is 1.66. The van der Waals surface area contributed by atoms with Gasteiger partial charge in [0.25, 0.3) is 5.91 Å². The summed E-state index contributed by atoms with van der Waals surface area (Å²) in [6.07, 6.45) is 3.20. The van der Waals surface area contributed by atoms with Gasteiger partial charge in [0.1, 0.15) is 0 Å². The maximum atomic E-state index is 13.0. The average Bonchev–Trinajstić information content (AvgIpc) is 3.01. The van der Waals surface area contributed by atoms with Crippen molar-refractivity contribution in [3.8, 4) is 0 Å². The zero-order valence-electron chi connectivity index (χ0n) is 13.1. The van der Waals surface area contributed by atoms with Gasteiger partial charge >= 0.3 is 0 Å². The lowest BCUT2D eigenvalue weighted by Gasteiger charge is -2.39. The lowest BCUT2D eigenvalue weighted by molar-refractivity contribution is -0.149. The molecule has 2 aliphatic carbocycles. The number of nitrogens with one attached hydrogen (secondary N) is 1. The molecule has 4 bridgehead atoms. The van der Waals surface area contributed by atoms with Gasteiger partial charge in [-0.1, -0.05) is 13.8 Å². The zero-order chi connectivity index (χ0) is 15.0. The van der Waals surface area contributed by atoms with Crippen LogP contribution < -0.4 is 5.32 Å². The molecule has 4 rings (SSSR count). The second kappa shape index (κ2) is 3.87. The van der Waals surface area contributed by atoms with E-state index in [4.69, 9.17) is 4.74 Å². The van der Waals surface area contributed by atoms with E-state index in [1.54, 1.807) is 11.3 Å². The number of carbonyl (C=O) groups is 1. The molecule has 2 saturated carbocycles. The van der Waals surface area contributed by atoms with Crippen LogP contribution in [0.15, 0.2) is 0 Å². The monoisotopic (exact) mass is 306 g/mol. The van der Waals surface area contributed by atoms with Crippen LogP contribution in [0, 0.1) is 30.6 Å². The van der Waals surface area contributed by atoms with E-state index in [2.05, 4.69) is 24.1 Å². The fraction of sp³-hybridized carbons (Fsp3) is 0.750. The lowest BCUT2D eigenvalue weighted by Crippen LogP contribution is -2.52. The molecule has 0 spiro atoms. The van der Waals surface area contributed by atoms with Gasteiger partial charge in [-0.3, -0.25) is 10.1 Å². The number of rotatable bonds is 2. The Morgan fingerprint density at radius 1 is 1.43 bits per heavy atom. The summed E-state index contributed by atoms with van der Waals surface area (Å²) in [5, 5.41) is 3.74. The van der Waals surface area contributed by atoms with Crippen molar-refractivity contribution >= 4 is 22.4 Å². The molecule has 4 nitrogen and oxygen atoms in total. The van der Waals surface area contributed by atoms with E-state index in [9.17, 15) is 4.79 Å². The molecule has 2 heterocycles. The number of anilines is 1. The number of hydrogen-bond acceptors (Lipinski definition) is 4. The van der Waals surface area contributed by atoms with Crippen LogP contribution in [0.1, 0.15) is 43.7 Å². The van der Waals surface area contributed by atoms with E-state index in [0.29, 0.717) is 11.0 Å². The number of hydrogen-bond donors (Lipinski definition) is 1. The Kier molecular flexibility index (Phi) is 2.53. The van der Waals surface area contributed by atoms with Crippen molar-refractivity contribution in [2.45, 2.75) is 52.6 Å². The summed E-state index contributed by atoms with van der Waals surface area (Å²) in [5.41, 5.74) is 0.483. The number of nitrogens with zero attached hydrogens (tertiary/aromatic N) is 1. The second-order valence-electron chi connectivity index (χ2n) is 7.42. The molecule has 4 unspecified atom stereocenters. The summed E-state index contributed by atoms with van der Waals surface area (Å²) in [4.78, 5) is 18.6. The van der Waals surface area contributed by atoms with Crippen molar-refractivity contribution < 1.29 is 9.53 Å². The van der Waals surface area contributed by atoms with Crippen LogP contribution in [0.25, 0.3) is 0 Å². The summed E-state index contributed by atoms with van der Waals surface area (Å²) in [5.74, 6) is 0.645. The first-order chi connectivity index (χ1) is 9.82. The molecule has 1 aliphatic heterocycles. The molecule has 21 heavy (non-hydrogen) atoms. The fourth-order valence-electron chi connectivity index (χ4n) is 4.98. The third kappa shape index (κ3) is 1.39. The Labute approximate surface area is 129 Å². The molecular formula is C16H22N2O2S. The SMILES string of the molecule is Cc1nc(NC(=O)C23CC4CCC2(C)C4(C)CO3)sc1C. The molecule has 1 aromatic rings. The number of thiazole rings is 1. The minimum absolute atomic E-state index is 0.0182. The number of carbonyl (C=O) groups excluding carboxylic acids is 1. The van der Waals surface area contributed by atoms with Crippen molar-refractivity contribution in [1.29, 1.82) is 0 Å². The van der Waals surface area contributed by atoms with Crippen LogP contribution in [0.5, 0.6) is 0 Å². The first-order valence-corrected chi connectivity index (χ1v) is 8.53. The molecular weight excluding hydrogens is 284 g/mol. The molecule has 1 N–H and O–H groups in total. The first-order valence-electron chi connectivity index (χ1n) is 7.72. The highest BCUT2D eigenvalue weighted by Crippen LogP contribution is 2.75. The van der Waals surface area contributed by atoms with Crippen LogP contribution >= 0.6 is 11.3 Å². The molecule has 3 fully saturated rings. The molecule has 114 valence electrons. The van der Waals surface area contributed by atoms with Gasteiger partial charge in [-0.15, -0.1) is 11.3 Å². The molecule has 4 atom stereocenters. The number of ether oxygens (including phenoxy) is 1. The highest BCUT2D eigenvalue weighted by molar-refractivity contribution is 7.15. The standard InChI is InChI=1S/C16H22N2O2S/c1-9-10(2)21-13(17-9)18-12(19)16-7-11-5-6-15(16,4)14(11,3)8-20-16/h11H,5-8H2,1-4H3,(H,17,18,19). The maximum Gasteiger partial charge on any atom is 0.259 e. The van der Waals surface area contributed by atoms with Crippen LogP contribution in [-0.4, -0.2) is 23.1 Å². The van der Waals surface area contributed by atoms with Gasteiger partial charge in [-0.25, -0.2) is 4.98 Å². The van der Waals surface area contributed by atoms with Crippen molar-refractivity contribution in [2.75, 3.05) is 11.9 Å². The Morgan fingerprint density at radius 3 is 2.76 bits per heavy atom. The molecule has 3 aliphatic rings. The Bertz CT molecular complexity index is 623. The van der Waals surface area contributed by atoms with Crippen LogP contribution in [0.3, 0.4) is 0 Å². The van der Waals surface area contributed by atoms with Gasteiger partial charge in [0.2, 0.25) is 0 Å². The molecule has 5 heteroatoms. The molecule has 0 radical (unpaired) electrons. The minimum Gasteiger partial charge on any atom is -0.364 e. The van der Waals surface area contributed by atoms with Gasteiger partial charge < -0.3 is 4.74 Å². The van der Waals surface area contributed by atoms with E-state index >= 15 is 0 Å². The normalized spacial score (nSPS) is 43.5. The Hall–Kier alpha value is -0.940. The van der Waals surface area contributed by atoms with E-state index in [-0.39, 0.29) is 16.7 Å². The Morgan fingerprint density at radius 2 is 2.19 bits per heavy atom. The molecule has 1 aromatic heterocycles. The van der Waals surface area contributed by atoms with E-state index in [1.165, 1.54) is 6.42 Å². The predicted molar refractivity (Wildman–Crippen MR) is 82.5 cm³/mol. The van der Waals surface area contributed by atoms with Gasteiger partial charge in [0.05, 0.1) is 12.3 Å². The minimum atomic E-state index is -0.641. The van der Waals surface area contributed by atoms with Crippen molar-refractivity contribution in [1.82, 2.24) is 4.98 Å². The number of aromatic nitrogens is 1. The number of amides is 1. The fourth-order valence-corrected chi connectivity index (χ4v) is 5.79. The van der Waals surface area contributed by atoms with Gasteiger partial charge in [0.15, 0.2) is 10.7 Å². The van der Waals surface area contributed by atoms with Crippen LogP contribution in [0.2, 0.25) is 0 Å². The molecule has 1 saturated heterocycles. The highest BCUT2D eigenvalue weighted by atomic mass is 32.1. The third-order valence-corrected chi connectivity index (χ3v) is 7.80. The summed E-state index contributed by atoms with van der Waals surface area (Å²) < 4.78 is 6.12. The van der Waals surface area contributed by atoms with Crippen LogP contribution in [-0.2, 0) is 9.53 Å². The van der Waals surface area contributed by atoms with E-state index < -0.39 is 5.60 Å². The molecule has 0 aromatic carbocycles. The quantitative estimate of drug-likeness (QED) is 0.912. The predicted octanol–water partition coefficient (Wildman–Crippen LogP) is 3.29. The van der Waals surface area contributed by atoms with Gasteiger partial charge in [-0.05, 0) is 39.0 Å². The van der Waals surface area contributed by atoms with E-state index in [1.807, 2.05) is 13.8 Å². The summed E-state index contributed by atoms with van der Waals surface area (Å²) in [7, 11) is 0. The van der Waals surface area contributed by atoms with Crippen molar-refractivity contribution in [3.63, 3.8) is 0 Å². The van der Waals surface area contributed by atoms with Gasteiger partial charge in [-0.2, -0.15) is 0 Å². The lowest BCUT2D eigenvalue weighted by atomic mass is 9.66. The topological polar surface area (TPSA) is 51.2 Å². The smallest absolute Gasteiger partial charge is 0.259 e. The maximum absolute atomic E-state index is 13.0. The second-order valence-corrected chi connectivity index (χ2v) is 8.62. The van der Waals surface area contributed by atoms with Gasteiger partial charge in [0, 0.05) is 15.7 Å². The largest absolute Gasteiger partial charge is 0.364 e. The average molecular weight is 306 g/mol. The first kappa shape index (κ1) is 13.7. The zero-order valence-corrected chi connectivity index (χ0v) is 13.9. The summed E-state index contributed by atoms with van der Waals surface area (Å²) >= 11 is 1.54.